The molecule has 1 aliphatic carbocycles. The summed E-state index contributed by atoms with van der Waals surface area (Å²) in [6.07, 6.45) is 13.7. The number of aromatic nitrogens is 7. The van der Waals surface area contributed by atoms with Crippen LogP contribution in [0.25, 0.3) is 22.6 Å². The van der Waals surface area contributed by atoms with E-state index in [1.54, 1.807) is 34.8 Å². The van der Waals surface area contributed by atoms with Crippen LogP contribution in [0.1, 0.15) is 38.4 Å². The highest BCUT2D eigenvalue weighted by molar-refractivity contribution is 5.74. The van der Waals surface area contributed by atoms with E-state index in [0.29, 0.717) is 23.5 Å². The number of rotatable bonds is 5. The van der Waals surface area contributed by atoms with Gasteiger partial charge in [0.25, 0.3) is 0 Å². The van der Waals surface area contributed by atoms with Crippen molar-refractivity contribution in [3.63, 3.8) is 0 Å². The summed E-state index contributed by atoms with van der Waals surface area (Å²) in [6.45, 7) is 6.81. The summed E-state index contributed by atoms with van der Waals surface area (Å²) in [4.78, 5) is 27.0. The lowest BCUT2D eigenvalue weighted by Crippen LogP contribution is -2.24. The summed E-state index contributed by atoms with van der Waals surface area (Å²) >= 11 is 0. The van der Waals surface area contributed by atoms with Gasteiger partial charge in [-0.15, -0.1) is 0 Å². The van der Waals surface area contributed by atoms with Crippen molar-refractivity contribution in [2.24, 2.45) is 13.0 Å². The van der Waals surface area contributed by atoms with Gasteiger partial charge in [-0.05, 0) is 29.7 Å². The maximum absolute atomic E-state index is 13.1. The Kier molecular flexibility index (Phi) is 5.28. The average Bonchev–Trinajstić information content (AvgIpc) is 3.43. The molecule has 1 aliphatic rings. The second-order valence-electron chi connectivity index (χ2n) is 8.86. The Hall–Kier alpha value is -3.81. The van der Waals surface area contributed by atoms with Gasteiger partial charge in [-0.25, -0.2) is 14.8 Å². The number of pyridine rings is 1. The van der Waals surface area contributed by atoms with Crippen LogP contribution >= 0.6 is 0 Å². The largest absolute Gasteiger partial charge is 0.330 e. The van der Waals surface area contributed by atoms with Gasteiger partial charge in [-0.3, -0.25) is 18.8 Å². The summed E-state index contributed by atoms with van der Waals surface area (Å²) < 4.78 is 5.29. The molecular weight excluding hydrogens is 414 g/mol. The molecule has 0 amide bonds. The van der Waals surface area contributed by atoms with Crippen LogP contribution in [0.15, 0.2) is 71.6 Å². The maximum atomic E-state index is 13.1. The summed E-state index contributed by atoms with van der Waals surface area (Å²) in [5.41, 5.74) is 4.14. The molecule has 4 aromatic rings. The van der Waals surface area contributed by atoms with Crippen molar-refractivity contribution in [2.75, 3.05) is 0 Å². The zero-order chi connectivity index (χ0) is 23.1. The van der Waals surface area contributed by atoms with Gasteiger partial charge in [0.05, 0.1) is 24.5 Å². The molecule has 33 heavy (non-hydrogen) atoms. The number of hydrogen-bond donors (Lipinski definition) is 0. The zero-order valence-corrected chi connectivity index (χ0v) is 19.3. The average molecular weight is 442 g/mol. The minimum Gasteiger partial charge on any atom is -0.292 e. The molecule has 2 atom stereocenters. The Morgan fingerprint density at radius 3 is 2.73 bits per heavy atom. The van der Waals surface area contributed by atoms with Crippen molar-refractivity contribution >= 4 is 11.2 Å². The Morgan fingerprint density at radius 1 is 1.15 bits per heavy atom. The first kappa shape index (κ1) is 21.1. The topological polar surface area (TPSA) is 83.4 Å². The SMILES string of the molecule is CC(C)c1ncccc1-c1ncc2c(n1)n(CC1=CC(C)C(n3cccn3)C=C1)c(=O)n2C. The van der Waals surface area contributed by atoms with Crippen LogP contribution < -0.4 is 5.69 Å². The number of aryl methyl sites for hydroxylation is 1. The van der Waals surface area contributed by atoms with Crippen molar-refractivity contribution in [3.05, 3.63) is 83.0 Å². The lowest BCUT2D eigenvalue weighted by Gasteiger charge is -2.23. The maximum Gasteiger partial charge on any atom is 0.330 e. The van der Waals surface area contributed by atoms with E-state index >= 15 is 0 Å². The molecule has 0 spiro atoms. The van der Waals surface area contributed by atoms with Gasteiger partial charge in [0.15, 0.2) is 11.5 Å². The molecule has 4 heterocycles. The van der Waals surface area contributed by atoms with Crippen LogP contribution in [-0.2, 0) is 13.6 Å². The third-order valence-electron chi connectivity index (χ3n) is 6.21. The van der Waals surface area contributed by atoms with Crippen molar-refractivity contribution < 1.29 is 0 Å². The van der Waals surface area contributed by atoms with Crippen molar-refractivity contribution in [2.45, 2.75) is 39.3 Å². The van der Waals surface area contributed by atoms with Gasteiger partial charge in [0.1, 0.15) is 5.52 Å². The molecule has 0 fully saturated rings. The summed E-state index contributed by atoms with van der Waals surface area (Å²) in [5, 5.41) is 4.37. The molecule has 5 rings (SSSR count). The molecule has 4 aromatic heterocycles. The van der Waals surface area contributed by atoms with E-state index in [4.69, 9.17) is 4.98 Å². The third kappa shape index (κ3) is 3.71. The summed E-state index contributed by atoms with van der Waals surface area (Å²) in [5.74, 6) is 1.07. The molecule has 0 aromatic carbocycles. The number of hydrogen-bond acceptors (Lipinski definition) is 5. The van der Waals surface area contributed by atoms with Crippen molar-refractivity contribution in [1.82, 2.24) is 33.9 Å². The highest BCUT2D eigenvalue weighted by atomic mass is 16.1. The van der Waals surface area contributed by atoms with E-state index in [2.05, 4.69) is 54.1 Å². The standard InChI is InChI=1S/C25H27N7O/c1-16(2)22-19(7-5-10-26-22)23-27-14-21-24(29-23)31(25(33)30(21)4)15-18-8-9-20(17(3)13-18)32-12-6-11-28-32/h5-14,16-17,20H,15H2,1-4H3. The van der Waals surface area contributed by atoms with Crippen LogP contribution in [0.2, 0.25) is 0 Å². The Labute approximate surface area is 191 Å². The quantitative estimate of drug-likeness (QED) is 0.469. The Morgan fingerprint density at radius 2 is 2.00 bits per heavy atom. The minimum atomic E-state index is -0.108. The minimum absolute atomic E-state index is 0.108. The zero-order valence-electron chi connectivity index (χ0n) is 19.3. The molecule has 0 saturated heterocycles. The normalized spacial score (nSPS) is 18.3. The molecule has 0 N–H and O–H groups in total. The first-order valence-corrected chi connectivity index (χ1v) is 11.2. The molecule has 0 radical (unpaired) electrons. The van der Waals surface area contributed by atoms with Gasteiger partial charge < -0.3 is 0 Å². The second kappa shape index (κ2) is 8.27. The van der Waals surface area contributed by atoms with Crippen LogP contribution in [0.5, 0.6) is 0 Å². The molecule has 0 saturated carbocycles. The van der Waals surface area contributed by atoms with Crippen LogP contribution in [-0.4, -0.2) is 33.9 Å². The van der Waals surface area contributed by atoms with Crippen molar-refractivity contribution in [3.8, 4) is 11.4 Å². The lowest BCUT2D eigenvalue weighted by atomic mass is 9.93. The van der Waals surface area contributed by atoms with Crippen LogP contribution in [0.4, 0.5) is 0 Å². The predicted molar refractivity (Wildman–Crippen MR) is 128 cm³/mol. The fourth-order valence-electron chi connectivity index (χ4n) is 4.48. The smallest absolute Gasteiger partial charge is 0.292 e. The Bertz CT molecular complexity index is 1420. The van der Waals surface area contributed by atoms with Crippen molar-refractivity contribution in [1.29, 1.82) is 0 Å². The van der Waals surface area contributed by atoms with Gasteiger partial charge in [-0.1, -0.05) is 39.0 Å². The first-order valence-electron chi connectivity index (χ1n) is 11.2. The second-order valence-corrected chi connectivity index (χ2v) is 8.86. The first-order chi connectivity index (χ1) is 15.9. The molecule has 8 nitrogen and oxygen atoms in total. The number of imidazole rings is 1. The fourth-order valence-corrected chi connectivity index (χ4v) is 4.48. The summed E-state index contributed by atoms with van der Waals surface area (Å²) in [7, 11) is 1.76. The predicted octanol–water partition coefficient (Wildman–Crippen LogP) is 3.89. The Balaban J connectivity index is 1.54. The van der Waals surface area contributed by atoms with Gasteiger partial charge in [0.2, 0.25) is 0 Å². The monoisotopic (exact) mass is 441 g/mol. The van der Waals surface area contributed by atoms with Gasteiger partial charge >= 0.3 is 5.69 Å². The number of nitrogens with zero attached hydrogens (tertiary/aromatic N) is 7. The molecule has 0 bridgehead atoms. The molecule has 2 unspecified atom stereocenters. The highest BCUT2D eigenvalue weighted by Gasteiger charge is 2.21. The number of fused-ring (bicyclic) bond motifs is 1. The molecule has 0 aliphatic heterocycles. The van der Waals surface area contributed by atoms with Gasteiger partial charge in [-0.2, -0.15) is 5.10 Å². The molecule has 168 valence electrons. The van der Waals surface area contributed by atoms with E-state index in [1.807, 2.05) is 29.1 Å². The fraction of sp³-hybridized carbons (Fsp3) is 0.320. The van der Waals surface area contributed by atoms with Crippen LogP contribution in [0.3, 0.4) is 0 Å². The van der Waals surface area contributed by atoms with Crippen LogP contribution in [0, 0.1) is 5.92 Å². The third-order valence-corrected chi connectivity index (χ3v) is 6.21. The van der Waals surface area contributed by atoms with E-state index in [0.717, 1.165) is 16.8 Å². The highest BCUT2D eigenvalue weighted by Crippen LogP contribution is 2.28. The lowest BCUT2D eigenvalue weighted by molar-refractivity contribution is 0.440. The summed E-state index contributed by atoms with van der Waals surface area (Å²) in [6, 6.07) is 5.97. The van der Waals surface area contributed by atoms with E-state index in [9.17, 15) is 4.79 Å². The van der Waals surface area contributed by atoms with E-state index in [1.165, 1.54) is 0 Å². The molecular formula is C25H27N7O. The van der Waals surface area contributed by atoms with E-state index < -0.39 is 0 Å². The molecule has 8 heteroatoms. The number of allylic oxidation sites excluding steroid dienone is 4. The van der Waals surface area contributed by atoms with Gasteiger partial charge in [0, 0.05) is 37.1 Å². The van der Waals surface area contributed by atoms with E-state index in [-0.39, 0.29) is 23.6 Å².